The molecule has 0 unspecified atom stereocenters. The summed E-state index contributed by atoms with van der Waals surface area (Å²) < 4.78 is 1.88. The molecule has 20 heavy (non-hydrogen) atoms. The fraction of sp³-hybridized carbons (Fsp3) is 0.400. The van der Waals surface area contributed by atoms with Gasteiger partial charge in [0.1, 0.15) is 5.82 Å². The number of fused-ring (bicyclic) bond motifs is 3. The van der Waals surface area contributed by atoms with Crippen LogP contribution < -0.4 is 0 Å². The molecule has 0 fully saturated rings. The van der Waals surface area contributed by atoms with Crippen LogP contribution >= 0.6 is 11.8 Å². The van der Waals surface area contributed by atoms with Crippen molar-refractivity contribution in [1.82, 2.24) is 19.6 Å². The van der Waals surface area contributed by atoms with Gasteiger partial charge in [-0.3, -0.25) is 0 Å². The first kappa shape index (κ1) is 13.4. The van der Waals surface area contributed by atoms with Gasteiger partial charge in [0.25, 0.3) is 0 Å². The summed E-state index contributed by atoms with van der Waals surface area (Å²) in [5.41, 5.74) is 1.89. The molecule has 2 heterocycles. The summed E-state index contributed by atoms with van der Waals surface area (Å²) in [5, 5.41) is 6.47. The van der Waals surface area contributed by atoms with Crippen molar-refractivity contribution in [3.8, 4) is 0 Å². The van der Waals surface area contributed by atoms with Crippen LogP contribution in [0.5, 0.6) is 0 Å². The zero-order valence-corrected chi connectivity index (χ0v) is 12.8. The van der Waals surface area contributed by atoms with Gasteiger partial charge in [0.15, 0.2) is 10.8 Å². The number of benzene rings is 1. The van der Waals surface area contributed by atoms with Gasteiger partial charge >= 0.3 is 0 Å². The van der Waals surface area contributed by atoms with Crippen molar-refractivity contribution in [2.24, 2.45) is 5.92 Å². The number of hydrogen-bond donors (Lipinski definition) is 0. The summed E-state index contributed by atoms with van der Waals surface area (Å²) in [4.78, 5) is 9.28. The maximum Gasteiger partial charge on any atom is 0.191 e. The summed E-state index contributed by atoms with van der Waals surface area (Å²) in [6, 6.07) is 8.11. The van der Waals surface area contributed by atoms with Crippen LogP contribution in [0.3, 0.4) is 0 Å². The number of aryl methyl sites for hydroxylation is 1. The molecule has 0 saturated heterocycles. The quantitative estimate of drug-likeness (QED) is 0.541. The number of thioether (sulfide) groups is 1. The van der Waals surface area contributed by atoms with E-state index in [4.69, 9.17) is 4.98 Å². The van der Waals surface area contributed by atoms with E-state index in [2.05, 4.69) is 23.9 Å². The molecule has 5 heteroatoms. The monoisotopic (exact) mass is 286 g/mol. The highest BCUT2D eigenvalue weighted by Crippen LogP contribution is 2.24. The maximum atomic E-state index is 4.74. The van der Waals surface area contributed by atoms with Gasteiger partial charge < -0.3 is 0 Å². The Morgan fingerprint density at radius 1 is 1.20 bits per heavy atom. The van der Waals surface area contributed by atoms with Crippen molar-refractivity contribution in [2.75, 3.05) is 5.75 Å². The second kappa shape index (κ2) is 5.40. The zero-order chi connectivity index (χ0) is 14.1. The van der Waals surface area contributed by atoms with Crippen LogP contribution in [0.25, 0.3) is 16.6 Å². The molecule has 0 N–H and O–H groups in total. The summed E-state index contributed by atoms with van der Waals surface area (Å²) in [5.74, 6) is 2.54. The first-order valence-corrected chi connectivity index (χ1v) is 7.88. The van der Waals surface area contributed by atoms with Crippen molar-refractivity contribution >= 4 is 28.3 Å². The number of aromatic nitrogens is 4. The molecular formula is C15H18N4S. The molecule has 0 aliphatic rings. The minimum Gasteiger partial charge on any atom is -0.222 e. The zero-order valence-electron chi connectivity index (χ0n) is 12.0. The molecular weight excluding hydrogens is 268 g/mol. The summed E-state index contributed by atoms with van der Waals surface area (Å²) >= 11 is 1.76. The highest BCUT2D eigenvalue weighted by Gasteiger charge is 2.12. The third-order valence-electron chi connectivity index (χ3n) is 3.18. The molecule has 104 valence electrons. The van der Waals surface area contributed by atoms with E-state index in [-0.39, 0.29) is 0 Å². The lowest BCUT2D eigenvalue weighted by Crippen LogP contribution is -1.99. The van der Waals surface area contributed by atoms with E-state index in [0.29, 0.717) is 5.92 Å². The Morgan fingerprint density at radius 3 is 2.80 bits per heavy atom. The minimum atomic E-state index is 0.705. The number of nitrogens with zero attached hydrogens (tertiary/aromatic N) is 4. The fourth-order valence-corrected chi connectivity index (χ4v) is 3.30. The van der Waals surface area contributed by atoms with Gasteiger partial charge in [0.2, 0.25) is 0 Å². The second-order valence-corrected chi connectivity index (χ2v) is 6.40. The van der Waals surface area contributed by atoms with Crippen LogP contribution in [0, 0.1) is 12.8 Å². The molecule has 0 spiro atoms. The van der Waals surface area contributed by atoms with E-state index in [0.717, 1.165) is 33.3 Å². The molecule has 3 rings (SSSR count). The molecule has 0 amide bonds. The van der Waals surface area contributed by atoms with Gasteiger partial charge in [0.05, 0.1) is 5.52 Å². The van der Waals surface area contributed by atoms with E-state index in [1.807, 2.05) is 35.7 Å². The third-order valence-corrected chi connectivity index (χ3v) is 4.14. The standard InChI is InChI=1S/C15H18N4S/c1-10(2)8-9-20-15-17-13-7-5-4-6-12(13)14-16-11(3)18-19(14)15/h4-7,10H,8-9H2,1-3H3. The van der Waals surface area contributed by atoms with E-state index in [9.17, 15) is 0 Å². The molecule has 2 aromatic heterocycles. The number of rotatable bonds is 4. The minimum absolute atomic E-state index is 0.705. The Balaban J connectivity index is 2.09. The van der Waals surface area contributed by atoms with Crippen LogP contribution in [0.15, 0.2) is 29.4 Å². The summed E-state index contributed by atoms with van der Waals surface area (Å²) in [6.07, 6.45) is 1.17. The van der Waals surface area contributed by atoms with Gasteiger partial charge in [-0.1, -0.05) is 37.7 Å². The van der Waals surface area contributed by atoms with Gasteiger partial charge in [-0.15, -0.1) is 5.10 Å². The Bertz CT molecular complexity index is 748. The molecule has 0 aliphatic carbocycles. The molecule has 1 aromatic carbocycles. The lowest BCUT2D eigenvalue weighted by molar-refractivity contribution is 0.631. The molecule has 0 saturated carbocycles. The maximum absolute atomic E-state index is 4.74. The highest BCUT2D eigenvalue weighted by atomic mass is 32.2. The predicted octanol–water partition coefficient (Wildman–Crippen LogP) is 3.72. The first-order valence-electron chi connectivity index (χ1n) is 6.90. The average Bonchev–Trinajstić information content (AvgIpc) is 2.80. The Kier molecular flexibility index (Phi) is 3.61. The second-order valence-electron chi connectivity index (χ2n) is 5.34. The average molecular weight is 286 g/mol. The Hall–Kier alpha value is -1.62. The van der Waals surface area contributed by atoms with Crippen LogP contribution in [0.4, 0.5) is 0 Å². The SMILES string of the molecule is Cc1nc2c3ccccc3nc(SCCC(C)C)n2n1. The van der Waals surface area contributed by atoms with Crippen molar-refractivity contribution in [3.63, 3.8) is 0 Å². The number of para-hydroxylation sites is 1. The Morgan fingerprint density at radius 2 is 2.00 bits per heavy atom. The van der Waals surface area contributed by atoms with Gasteiger partial charge in [-0.2, -0.15) is 4.52 Å². The van der Waals surface area contributed by atoms with Crippen LogP contribution in [0.1, 0.15) is 26.1 Å². The van der Waals surface area contributed by atoms with Gasteiger partial charge in [-0.25, -0.2) is 9.97 Å². The number of hydrogen-bond acceptors (Lipinski definition) is 4. The smallest absolute Gasteiger partial charge is 0.191 e. The first-order chi connectivity index (χ1) is 9.65. The van der Waals surface area contributed by atoms with E-state index in [1.54, 1.807) is 11.8 Å². The van der Waals surface area contributed by atoms with Crippen LogP contribution in [0.2, 0.25) is 0 Å². The molecule has 0 bridgehead atoms. The van der Waals surface area contributed by atoms with Crippen molar-refractivity contribution in [2.45, 2.75) is 32.3 Å². The third kappa shape index (κ3) is 2.50. The fourth-order valence-electron chi connectivity index (χ4n) is 2.11. The molecule has 0 aliphatic heterocycles. The van der Waals surface area contributed by atoms with Crippen molar-refractivity contribution in [1.29, 1.82) is 0 Å². The molecule has 4 nitrogen and oxygen atoms in total. The molecule has 0 radical (unpaired) electrons. The van der Waals surface area contributed by atoms with Gasteiger partial charge in [-0.05, 0) is 31.4 Å². The highest BCUT2D eigenvalue weighted by molar-refractivity contribution is 7.99. The molecule has 3 aromatic rings. The van der Waals surface area contributed by atoms with Crippen molar-refractivity contribution < 1.29 is 0 Å². The van der Waals surface area contributed by atoms with Crippen LogP contribution in [-0.4, -0.2) is 25.3 Å². The van der Waals surface area contributed by atoms with E-state index >= 15 is 0 Å². The summed E-state index contributed by atoms with van der Waals surface area (Å²) in [7, 11) is 0. The van der Waals surface area contributed by atoms with Gasteiger partial charge in [0, 0.05) is 11.1 Å². The summed E-state index contributed by atoms with van der Waals surface area (Å²) in [6.45, 7) is 6.40. The Labute approximate surface area is 122 Å². The van der Waals surface area contributed by atoms with E-state index < -0.39 is 0 Å². The lowest BCUT2D eigenvalue weighted by atomic mass is 10.2. The predicted molar refractivity (Wildman–Crippen MR) is 83.2 cm³/mol. The van der Waals surface area contributed by atoms with Crippen molar-refractivity contribution in [3.05, 3.63) is 30.1 Å². The largest absolute Gasteiger partial charge is 0.222 e. The lowest BCUT2D eigenvalue weighted by Gasteiger charge is -2.07. The van der Waals surface area contributed by atoms with Crippen LogP contribution in [-0.2, 0) is 0 Å². The topological polar surface area (TPSA) is 43.1 Å². The van der Waals surface area contributed by atoms with E-state index in [1.165, 1.54) is 6.42 Å². The normalized spacial score (nSPS) is 11.8. The molecule has 0 atom stereocenters.